The van der Waals surface area contributed by atoms with Crippen molar-refractivity contribution in [2.75, 3.05) is 44.1 Å². The number of ketones is 1. The van der Waals surface area contributed by atoms with Crippen molar-refractivity contribution in [3.63, 3.8) is 0 Å². The lowest BCUT2D eigenvalue weighted by atomic mass is 10.2. The average Bonchev–Trinajstić information content (AvgIpc) is 3.23. The van der Waals surface area contributed by atoms with E-state index in [-0.39, 0.29) is 23.4 Å². The van der Waals surface area contributed by atoms with E-state index >= 15 is 0 Å². The summed E-state index contributed by atoms with van der Waals surface area (Å²) < 4.78 is 22.2. The van der Waals surface area contributed by atoms with Crippen LogP contribution in [0.2, 0.25) is 19.6 Å². The molecule has 1 aromatic carbocycles. The van der Waals surface area contributed by atoms with Crippen LogP contribution in [0.25, 0.3) is 0 Å². The lowest BCUT2D eigenvalue weighted by Crippen LogP contribution is -2.37. The third-order valence-electron chi connectivity index (χ3n) is 5.78. The molecule has 1 aliphatic heterocycles. The molecule has 1 amide bonds. The number of hydrogen-bond acceptors (Lipinski definition) is 10. The lowest BCUT2D eigenvalue weighted by molar-refractivity contribution is -0.134. The first-order valence-electron chi connectivity index (χ1n) is 12.0. The highest BCUT2D eigenvalue weighted by atomic mass is 28.3. The Hall–Kier alpha value is -3.64. The molecule has 0 fully saturated rings. The van der Waals surface area contributed by atoms with Gasteiger partial charge in [0, 0.05) is 19.6 Å². The van der Waals surface area contributed by atoms with Crippen molar-refractivity contribution in [1.29, 1.82) is 0 Å². The second kappa shape index (κ2) is 11.6. The minimum atomic E-state index is -1.58. The van der Waals surface area contributed by atoms with Crippen molar-refractivity contribution in [2.45, 2.75) is 39.6 Å². The number of likely N-dealkylation sites (N-methyl/N-ethyl adjacent to an activating group) is 1. The molecule has 0 aliphatic carbocycles. The van der Waals surface area contributed by atoms with Gasteiger partial charge in [-0.25, -0.2) is 0 Å². The van der Waals surface area contributed by atoms with Gasteiger partial charge in [-0.05, 0) is 25.5 Å². The molecule has 0 bridgehead atoms. The number of hydrogen-bond donors (Lipinski definition) is 2. The summed E-state index contributed by atoms with van der Waals surface area (Å²) in [5.41, 5.74) is 6.64. The van der Waals surface area contributed by atoms with Gasteiger partial charge < -0.3 is 34.9 Å². The second-order valence-corrected chi connectivity index (χ2v) is 14.5. The van der Waals surface area contributed by atoms with E-state index in [1.807, 2.05) is 30.9 Å². The number of benzene rings is 1. The van der Waals surface area contributed by atoms with E-state index < -0.39 is 25.9 Å². The molecule has 1 atom stereocenters. The van der Waals surface area contributed by atoms with Crippen LogP contribution in [0.3, 0.4) is 0 Å². The average molecular weight is 530 g/mol. The van der Waals surface area contributed by atoms with E-state index in [0.717, 1.165) is 5.56 Å². The number of carbonyl (C=O) groups excluding carboxylic acids is 2. The van der Waals surface area contributed by atoms with Gasteiger partial charge in [-0.15, -0.1) is 0 Å². The molecule has 0 spiro atoms. The summed E-state index contributed by atoms with van der Waals surface area (Å²) in [6, 6.07) is 6.02. The maximum absolute atomic E-state index is 13.1. The zero-order valence-electron chi connectivity index (χ0n) is 22.4. The molecule has 3 N–H and O–H groups in total. The van der Waals surface area contributed by atoms with Crippen LogP contribution in [0, 0.1) is 6.92 Å². The highest BCUT2D eigenvalue weighted by Crippen LogP contribution is 2.34. The number of rotatable bonds is 11. The molecule has 0 saturated carbocycles. The Labute approximate surface area is 218 Å². The molecule has 2 heterocycles. The molecule has 3 rings (SSSR count). The molecule has 200 valence electrons. The number of anilines is 2. The Morgan fingerprint density at radius 3 is 2.38 bits per heavy atom. The Morgan fingerprint density at radius 1 is 1.19 bits per heavy atom. The van der Waals surface area contributed by atoms with Crippen LogP contribution in [0.4, 0.5) is 11.6 Å². The van der Waals surface area contributed by atoms with Crippen molar-refractivity contribution >= 4 is 36.6 Å². The first-order valence-corrected chi connectivity index (χ1v) is 15.5. The van der Waals surface area contributed by atoms with Crippen LogP contribution >= 0.6 is 0 Å². The first kappa shape index (κ1) is 27.9. The predicted octanol–water partition coefficient (Wildman–Crippen LogP) is 1.96. The molecule has 1 unspecified atom stereocenters. The fourth-order valence-electron chi connectivity index (χ4n) is 3.62. The number of aromatic nitrogens is 2. The van der Waals surface area contributed by atoms with E-state index in [9.17, 15) is 9.59 Å². The van der Waals surface area contributed by atoms with E-state index in [1.165, 1.54) is 25.5 Å². The Morgan fingerprint density at radius 2 is 1.84 bits per heavy atom. The topological polar surface area (TPSA) is 138 Å². The van der Waals surface area contributed by atoms with Crippen LogP contribution in [0.15, 0.2) is 30.2 Å². The molecule has 0 radical (unpaired) electrons. The summed E-state index contributed by atoms with van der Waals surface area (Å²) in [5.74, 6) is -0.297. The van der Waals surface area contributed by atoms with Gasteiger partial charge in [0.1, 0.15) is 5.75 Å². The zero-order chi connectivity index (χ0) is 27.3. The Kier molecular flexibility index (Phi) is 8.76. The number of amides is 1. The standard InChI is InChI=1S/C25H35N5O6Si/c1-8-30(12-11-26)25-28-23(33-3)20(24(29-25)34-4)27-22(32)21-17(31)14-19(36-21)35-18-13-16(37(5,6)7)10-9-15(18)2/h9-10,13-14,21H,8,11-12,26H2,1-7H3,(H,27,32). The van der Waals surface area contributed by atoms with Gasteiger partial charge in [0.25, 0.3) is 11.9 Å². The SMILES string of the molecule is CCN(CCN)c1nc(OC)c(NC(=O)C2OC(Oc3cc([Si](C)(C)C)ccc3C)=CC2=O)c(OC)n1. The fourth-order valence-corrected chi connectivity index (χ4v) is 4.77. The third kappa shape index (κ3) is 6.38. The van der Waals surface area contributed by atoms with E-state index in [4.69, 9.17) is 24.7 Å². The molecule has 37 heavy (non-hydrogen) atoms. The largest absolute Gasteiger partial charge is 0.479 e. The second-order valence-electron chi connectivity index (χ2n) is 9.47. The fraction of sp³-hybridized carbons (Fsp3) is 0.440. The molecule has 1 aromatic heterocycles. The highest BCUT2D eigenvalue weighted by Gasteiger charge is 2.37. The number of nitrogens with zero attached hydrogens (tertiary/aromatic N) is 3. The molecule has 0 saturated heterocycles. The van der Waals surface area contributed by atoms with Crippen molar-refractivity contribution < 1.29 is 28.5 Å². The van der Waals surface area contributed by atoms with Crippen molar-refractivity contribution in [2.24, 2.45) is 5.73 Å². The number of ether oxygens (including phenoxy) is 4. The maximum Gasteiger partial charge on any atom is 0.289 e. The predicted molar refractivity (Wildman–Crippen MR) is 143 cm³/mol. The van der Waals surface area contributed by atoms with Gasteiger partial charge in [0.15, 0.2) is 5.69 Å². The summed E-state index contributed by atoms with van der Waals surface area (Å²) >= 11 is 0. The van der Waals surface area contributed by atoms with Crippen LogP contribution in [0.5, 0.6) is 17.5 Å². The lowest BCUT2D eigenvalue weighted by Gasteiger charge is -2.22. The smallest absolute Gasteiger partial charge is 0.289 e. The normalized spacial score (nSPS) is 15.1. The van der Waals surface area contributed by atoms with Crippen LogP contribution in [-0.4, -0.2) is 69.7 Å². The van der Waals surface area contributed by atoms with Gasteiger partial charge in [0.05, 0.1) is 28.4 Å². The van der Waals surface area contributed by atoms with Gasteiger partial charge in [-0.2, -0.15) is 9.97 Å². The minimum absolute atomic E-state index is 0.0492. The number of carbonyl (C=O) groups is 2. The number of methoxy groups -OCH3 is 2. The summed E-state index contributed by atoms with van der Waals surface area (Å²) in [5, 5.41) is 3.81. The van der Waals surface area contributed by atoms with E-state index in [1.54, 1.807) is 0 Å². The number of nitrogens with one attached hydrogen (secondary N) is 1. The van der Waals surface area contributed by atoms with Crippen molar-refractivity contribution in [1.82, 2.24) is 9.97 Å². The quantitative estimate of drug-likeness (QED) is 0.328. The van der Waals surface area contributed by atoms with Crippen LogP contribution in [0.1, 0.15) is 12.5 Å². The first-order chi connectivity index (χ1) is 17.5. The number of aryl methyl sites for hydroxylation is 1. The highest BCUT2D eigenvalue weighted by molar-refractivity contribution is 6.88. The van der Waals surface area contributed by atoms with Gasteiger partial charge in [-0.1, -0.05) is 37.0 Å². The van der Waals surface area contributed by atoms with E-state index in [2.05, 4.69) is 41.0 Å². The molecule has 2 aromatic rings. The Balaban J connectivity index is 1.79. The van der Waals surface area contributed by atoms with Gasteiger partial charge in [-0.3, -0.25) is 9.59 Å². The number of nitrogens with two attached hydrogens (primary N) is 1. The molecule has 1 aliphatic rings. The molecular formula is C25H35N5O6Si. The van der Waals surface area contributed by atoms with Gasteiger partial charge >= 0.3 is 0 Å². The van der Waals surface area contributed by atoms with Crippen LogP contribution in [-0.2, 0) is 14.3 Å². The maximum atomic E-state index is 13.1. The van der Waals surface area contributed by atoms with Crippen molar-refractivity contribution in [3.8, 4) is 17.5 Å². The summed E-state index contributed by atoms with van der Waals surface area (Å²) in [4.78, 5) is 36.3. The van der Waals surface area contributed by atoms with Crippen LogP contribution < -0.4 is 35.3 Å². The monoisotopic (exact) mass is 529 g/mol. The summed E-state index contributed by atoms with van der Waals surface area (Å²) in [6.07, 6.45) is -0.279. The molecular weight excluding hydrogens is 494 g/mol. The molecule has 12 heteroatoms. The Bertz CT molecular complexity index is 1170. The summed E-state index contributed by atoms with van der Waals surface area (Å²) in [7, 11) is 1.23. The molecule has 11 nitrogen and oxygen atoms in total. The van der Waals surface area contributed by atoms with Gasteiger partial charge in [0.2, 0.25) is 29.6 Å². The zero-order valence-corrected chi connectivity index (χ0v) is 23.4. The minimum Gasteiger partial charge on any atom is -0.479 e. The van der Waals surface area contributed by atoms with Crippen molar-refractivity contribution in [3.05, 3.63) is 35.8 Å². The van der Waals surface area contributed by atoms with E-state index in [0.29, 0.717) is 31.3 Å². The summed E-state index contributed by atoms with van der Waals surface area (Å²) in [6.45, 7) is 12.1. The third-order valence-corrected chi connectivity index (χ3v) is 7.83.